The van der Waals surface area contributed by atoms with Crippen LogP contribution >= 0.6 is 11.3 Å². The van der Waals surface area contributed by atoms with Crippen LogP contribution in [-0.2, 0) is 37.2 Å². The molecular weight excluding hydrogens is 312 g/mol. The normalized spacial score (nSPS) is 19.4. The number of hydrogen-bond donors (Lipinski definition) is 1. The molecule has 122 valence electrons. The van der Waals surface area contributed by atoms with Gasteiger partial charge in [0.2, 0.25) is 0 Å². The summed E-state index contributed by atoms with van der Waals surface area (Å²) in [7, 11) is 1.64. The quantitative estimate of drug-likeness (QED) is 0.925. The highest BCUT2D eigenvalue weighted by Gasteiger charge is 2.25. The molecule has 2 aromatic rings. The Labute approximate surface area is 138 Å². The summed E-state index contributed by atoms with van der Waals surface area (Å²) in [5.41, 5.74) is 1.37. The van der Waals surface area contributed by atoms with Crippen molar-refractivity contribution in [3.63, 3.8) is 0 Å². The molecule has 0 saturated heterocycles. The highest BCUT2D eigenvalue weighted by molar-refractivity contribution is 7.14. The van der Waals surface area contributed by atoms with Gasteiger partial charge in [-0.25, -0.2) is 9.67 Å². The molecule has 1 aliphatic heterocycles. The second kappa shape index (κ2) is 6.05. The van der Waals surface area contributed by atoms with Crippen molar-refractivity contribution in [1.82, 2.24) is 20.1 Å². The Bertz CT molecular complexity index is 715. The molecule has 4 rings (SSSR count). The van der Waals surface area contributed by atoms with Crippen molar-refractivity contribution < 1.29 is 9.53 Å². The molecule has 0 saturated carbocycles. The van der Waals surface area contributed by atoms with Crippen molar-refractivity contribution in [2.24, 2.45) is 0 Å². The summed E-state index contributed by atoms with van der Waals surface area (Å²) in [6, 6.07) is 2.19. The van der Waals surface area contributed by atoms with Crippen LogP contribution in [0.5, 0.6) is 0 Å². The van der Waals surface area contributed by atoms with E-state index in [1.165, 1.54) is 16.9 Å². The first-order valence-electron chi connectivity index (χ1n) is 8.07. The molecule has 1 aliphatic carbocycles. The summed E-state index contributed by atoms with van der Waals surface area (Å²) in [5, 5.41) is 7.60. The Morgan fingerprint density at radius 3 is 3.22 bits per heavy atom. The fourth-order valence-corrected chi connectivity index (χ4v) is 4.52. The number of ether oxygens (including phenoxy) is 1. The highest BCUT2D eigenvalue weighted by Crippen LogP contribution is 2.30. The van der Waals surface area contributed by atoms with Crippen molar-refractivity contribution in [3.05, 3.63) is 33.0 Å². The van der Waals surface area contributed by atoms with E-state index in [-0.39, 0.29) is 11.9 Å². The first-order chi connectivity index (χ1) is 11.2. The summed E-state index contributed by atoms with van der Waals surface area (Å²) < 4.78 is 6.98. The first kappa shape index (κ1) is 14.8. The summed E-state index contributed by atoms with van der Waals surface area (Å²) in [4.78, 5) is 19.2. The van der Waals surface area contributed by atoms with Gasteiger partial charge >= 0.3 is 0 Å². The van der Waals surface area contributed by atoms with Crippen LogP contribution in [-0.4, -0.2) is 33.8 Å². The van der Waals surface area contributed by atoms with E-state index >= 15 is 0 Å². The summed E-state index contributed by atoms with van der Waals surface area (Å²) in [6.07, 6.45) is 5.21. The van der Waals surface area contributed by atoms with Crippen LogP contribution in [0.3, 0.4) is 0 Å². The Balaban J connectivity index is 1.41. The molecular formula is C16H20N4O2S. The third-order valence-corrected chi connectivity index (χ3v) is 5.72. The average Bonchev–Trinajstić information content (AvgIpc) is 3.19. The molecule has 0 fully saturated rings. The number of nitrogens with zero attached hydrogens (tertiary/aromatic N) is 3. The van der Waals surface area contributed by atoms with E-state index in [0.717, 1.165) is 36.4 Å². The predicted octanol–water partition coefficient (Wildman–Crippen LogP) is 1.72. The van der Waals surface area contributed by atoms with E-state index in [0.29, 0.717) is 19.0 Å². The van der Waals surface area contributed by atoms with Gasteiger partial charge in [0, 0.05) is 24.4 Å². The first-order valence-corrected chi connectivity index (χ1v) is 8.88. The Morgan fingerprint density at radius 2 is 2.39 bits per heavy atom. The number of hydrogen-bond acceptors (Lipinski definition) is 5. The summed E-state index contributed by atoms with van der Waals surface area (Å²) in [6.45, 7) is 1.11. The van der Waals surface area contributed by atoms with Gasteiger partial charge in [0.25, 0.3) is 5.91 Å². The SMILES string of the molecule is COCc1nc2n(n1)C[C@@H](NC(=O)c1cc3c(s1)CCC3)CC2. The fraction of sp³-hybridized carbons (Fsp3) is 0.562. The molecule has 2 aliphatic rings. The van der Waals surface area contributed by atoms with Crippen molar-refractivity contribution in [2.45, 2.75) is 51.3 Å². The molecule has 7 heteroatoms. The molecule has 23 heavy (non-hydrogen) atoms. The van der Waals surface area contributed by atoms with Gasteiger partial charge in [-0.15, -0.1) is 11.3 Å². The molecule has 1 atom stereocenters. The number of methoxy groups -OCH3 is 1. The average molecular weight is 332 g/mol. The fourth-order valence-electron chi connectivity index (χ4n) is 3.37. The predicted molar refractivity (Wildman–Crippen MR) is 86.7 cm³/mol. The second-order valence-electron chi connectivity index (χ2n) is 6.18. The molecule has 0 radical (unpaired) electrons. The molecule has 1 N–H and O–H groups in total. The van der Waals surface area contributed by atoms with E-state index in [9.17, 15) is 4.79 Å². The lowest BCUT2D eigenvalue weighted by Gasteiger charge is -2.23. The van der Waals surface area contributed by atoms with Gasteiger partial charge < -0.3 is 10.1 Å². The molecule has 6 nitrogen and oxygen atoms in total. The van der Waals surface area contributed by atoms with Crippen LogP contribution < -0.4 is 5.32 Å². The number of rotatable bonds is 4. The number of aromatic nitrogens is 3. The molecule has 0 aromatic carbocycles. The van der Waals surface area contributed by atoms with E-state index in [2.05, 4.69) is 21.5 Å². The van der Waals surface area contributed by atoms with Crippen LogP contribution in [0.4, 0.5) is 0 Å². The highest BCUT2D eigenvalue weighted by atomic mass is 32.1. The van der Waals surface area contributed by atoms with Gasteiger partial charge in [0.1, 0.15) is 12.4 Å². The molecule has 3 heterocycles. The minimum absolute atomic E-state index is 0.0510. The molecule has 2 aromatic heterocycles. The lowest BCUT2D eigenvalue weighted by atomic mass is 10.1. The largest absolute Gasteiger partial charge is 0.377 e. The third kappa shape index (κ3) is 2.90. The van der Waals surface area contributed by atoms with Crippen LogP contribution in [0.2, 0.25) is 0 Å². The minimum atomic E-state index is 0.0510. The maximum absolute atomic E-state index is 12.5. The Hall–Kier alpha value is -1.73. The van der Waals surface area contributed by atoms with Crippen molar-refractivity contribution in [1.29, 1.82) is 0 Å². The monoisotopic (exact) mass is 332 g/mol. The number of amides is 1. The zero-order valence-corrected chi connectivity index (χ0v) is 14.0. The van der Waals surface area contributed by atoms with E-state index < -0.39 is 0 Å². The van der Waals surface area contributed by atoms with Crippen molar-refractivity contribution in [3.8, 4) is 0 Å². The van der Waals surface area contributed by atoms with Gasteiger partial charge in [-0.2, -0.15) is 5.10 Å². The van der Waals surface area contributed by atoms with Gasteiger partial charge in [-0.3, -0.25) is 4.79 Å². The maximum atomic E-state index is 12.5. The van der Waals surface area contributed by atoms with Crippen molar-refractivity contribution in [2.75, 3.05) is 7.11 Å². The number of aryl methyl sites for hydroxylation is 3. The third-order valence-electron chi connectivity index (χ3n) is 4.48. The summed E-state index contributed by atoms with van der Waals surface area (Å²) in [5.74, 6) is 1.75. The zero-order chi connectivity index (χ0) is 15.8. The lowest BCUT2D eigenvalue weighted by Crippen LogP contribution is -2.41. The topological polar surface area (TPSA) is 69.0 Å². The Morgan fingerprint density at radius 1 is 1.48 bits per heavy atom. The van der Waals surface area contributed by atoms with Gasteiger partial charge in [0.15, 0.2) is 5.82 Å². The van der Waals surface area contributed by atoms with E-state index in [1.807, 2.05) is 4.68 Å². The van der Waals surface area contributed by atoms with Crippen LogP contribution in [0, 0.1) is 0 Å². The lowest BCUT2D eigenvalue weighted by molar-refractivity contribution is 0.0930. The van der Waals surface area contributed by atoms with Crippen LogP contribution in [0.15, 0.2) is 6.07 Å². The second-order valence-corrected chi connectivity index (χ2v) is 7.32. The number of nitrogens with one attached hydrogen (secondary N) is 1. The standard InChI is InChI=1S/C16H20N4O2S/c1-22-9-14-18-15-6-5-11(8-20(15)19-14)17-16(21)13-7-10-3-2-4-12(10)23-13/h7,11H,2-6,8-9H2,1H3,(H,17,21)/t11-/m0/s1. The molecule has 0 spiro atoms. The van der Waals surface area contributed by atoms with Crippen molar-refractivity contribution >= 4 is 17.2 Å². The molecule has 1 amide bonds. The van der Waals surface area contributed by atoms with Gasteiger partial charge in [0.05, 0.1) is 11.4 Å². The van der Waals surface area contributed by atoms with Gasteiger partial charge in [-0.1, -0.05) is 0 Å². The minimum Gasteiger partial charge on any atom is -0.377 e. The maximum Gasteiger partial charge on any atom is 0.261 e. The number of carbonyl (C=O) groups is 1. The molecule has 0 unspecified atom stereocenters. The number of thiophene rings is 1. The zero-order valence-electron chi connectivity index (χ0n) is 13.2. The van der Waals surface area contributed by atoms with Gasteiger partial charge in [-0.05, 0) is 37.3 Å². The molecule has 0 bridgehead atoms. The van der Waals surface area contributed by atoms with E-state index in [4.69, 9.17) is 4.74 Å². The Kier molecular flexibility index (Phi) is 3.90. The van der Waals surface area contributed by atoms with E-state index in [1.54, 1.807) is 18.4 Å². The number of carbonyl (C=O) groups excluding carboxylic acids is 1. The van der Waals surface area contributed by atoms with Crippen LogP contribution in [0.1, 0.15) is 44.6 Å². The summed E-state index contributed by atoms with van der Waals surface area (Å²) >= 11 is 1.65. The van der Waals surface area contributed by atoms with Crippen LogP contribution in [0.25, 0.3) is 0 Å². The smallest absolute Gasteiger partial charge is 0.261 e. The number of fused-ring (bicyclic) bond motifs is 2.